The van der Waals surface area contributed by atoms with E-state index in [4.69, 9.17) is 0 Å². The zero-order valence-corrected chi connectivity index (χ0v) is 14.1. The second kappa shape index (κ2) is 7.67. The number of sulfonamides is 1. The minimum Gasteiger partial charge on any atom is -0.351 e. The average molecular weight is 356 g/mol. The van der Waals surface area contributed by atoms with Gasteiger partial charge in [-0.1, -0.05) is 12.1 Å². The van der Waals surface area contributed by atoms with Gasteiger partial charge in [0.1, 0.15) is 10.0 Å². The summed E-state index contributed by atoms with van der Waals surface area (Å²) in [4.78, 5) is 11.6. The van der Waals surface area contributed by atoms with Gasteiger partial charge in [0.25, 0.3) is 0 Å². The van der Waals surface area contributed by atoms with Gasteiger partial charge in [-0.05, 0) is 36.2 Å². The third-order valence-corrected chi connectivity index (χ3v) is 6.07. The molecule has 1 aromatic carbocycles. The molecule has 124 valence electrons. The van der Waals surface area contributed by atoms with E-state index in [9.17, 15) is 17.6 Å². The molecule has 23 heavy (non-hydrogen) atoms. The third kappa shape index (κ3) is 5.42. The van der Waals surface area contributed by atoms with Crippen LogP contribution in [0.1, 0.15) is 17.4 Å². The van der Waals surface area contributed by atoms with E-state index in [1.807, 2.05) is 0 Å². The van der Waals surface area contributed by atoms with Crippen molar-refractivity contribution in [1.29, 1.82) is 0 Å². The first-order chi connectivity index (χ1) is 10.9. The smallest absolute Gasteiger partial charge is 0.250 e. The normalized spacial score (nSPS) is 11.4. The molecule has 5 nitrogen and oxygen atoms in total. The number of amides is 1. The Hall–Kier alpha value is -1.77. The van der Waals surface area contributed by atoms with E-state index in [0.29, 0.717) is 13.0 Å². The molecule has 1 heterocycles. The molecular formula is C15H17FN2O3S2. The molecule has 1 aromatic heterocycles. The Bertz CT molecular complexity index is 770. The molecule has 2 rings (SSSR count). The van der Waals surface area contributed by atoms with E-state index < -0.39 is 10.0 Å². The molecule has 0 saturated carbocycles. The molecule has 0 aliphatic rings. The largest absolute Gasteiger partial charge is 0.351 e. The summed E-state index contributed by atoms with van der Waals surface area (Å²) < 4.78 is 39.9. The van der Waals surface area contributed by atoms with Crippen molar-refractivity contribution in [2.75, 3.05) is 6.54 Å². The molecule has 0 aliphatic heterocycles. The molecule has 0 spiro atoms. The maximum Gasteiger partial charge on any atom is 0.250 e. The van der Waals surface area contributed by atoms with Crippen LogP contribution in [0.4, 0.5) is 4.39 Å². The summed E-state index contributed by atoms with van der Waals surface area (Å²) in [6, 6.07) is 9.13. The van der Waals surface area contributed by atoms with Gasteiger partial charge in [-0.15, -0.1) is 11.3 Å². The number of hydrogen-bond acceptors (Lipinski definition) is 4. The highest BCUT2D eigenvalue weighted by Gasteiger charge is 2.16. The van der Waals surface area contributed by atoms with Gasteiger partial charge in [0.15, 0.2) is 0 Å². The van der Waals surface area contributed by atoms with Crippen molar-refractivity contribution in [3.8, 4) is 0 Å². The lowest BCUT2D eigenvalue weighted by atomic mass is 10.1. The van der Waals surface area contributed by atoms with Gasteiger partial charge in [-0.2, -0.15) is 0 Å². The maximum atomic E-state index is 12.8. The van der Waals surface area contributed by atoms with E-state index >= 15 is 0 Å². The Balaban J connectivity index is 1.91. The van der Waals surface area contributed by atoms with Crippen molar-refractivity contribution in [2.45, 2.75) is 24.1 Å². The summed E-state index contributed by atoms with van der Waals surface area (Å²) in [5, 5.41) is 2.62. The molecule has 0 unspecified atom stereocenters. The number of benzene rings is 1. The lowest BCUT2D eigenvalue weighted by Gasteiger charge is -2.05. The Labute approximate surface area is 138 Å². The highest BCUT2D eigenvalue weighted by molar-refractivity contribution is 7.91. The number of carbonyl (C=O) groups excluding carboxylic acids is 1. The highest BCUT2D eigenvalue weighted by Crippen LogP contribution is 2.21. The first-order valence-electron chi connectivity index (χ1n) is 6.94. The van der Waals surface area contributed by atoms with Gasteiger partial charge in [0.2, 0.25) is 15.9 Å². The van der Waals surface area contributed by atoms with Crippen LogP contribution >= 0.6 is 11.3 Å². The van der Waals surface area contributed by atoms with Crippen LogP contribution in [-0.2, 0) is 27.8 Å². The number of rotatable bonds is 7. The minimum atomic E-state index is -3.57. The Morgan fingerprint density at radius 2 is 1.87 bits per heavy atom. The lowest BCUT2D eigenvalue weighted by Crippen LogP contribution is -2.25. The summed E-state index contributed by atoms with van der Waals surface area (Å²) >= 11 is 1.12. The second-order valence-electron chi connectivity index (χ2n) is 4.90. The van der Waals surface area contributed by atoms with Crippen LogP contribution in [0.3, 0.4) is 0 Å². The fraction of sp³-hybridized carbons (Fsp3) is 0.267. The van der Waals surface area contributed by atoms with Crippen LogP contribution in [0.25, 0.3) is 0 Å². The average Bonchev–Trinajstić information content (AvgIpc) is 2.97. The van der Waals surface area contributed by atoms with E-state index in [1.54, 1.807) is 18.2 Å². The monoisotopic (exact) mass is 356 g/mol. The van der Waals surface area contributed by atoms with Crippen LogP contribution in [0.5, 0.6) is 0 Å². The predicted molar refractivity (Wildman–Crippen MR) is 87.1 cm³/mol. The zero-order chi connectivity index (χ0) is 16.9. The van der Waals surface area contributed by atoms with E-state index in [2.05, 4.69) is 10.0 Å². The van der Waals surface area contributed by atoms with Crippen molar-refractivity contribution < 1.29 is 17.6 Å². The maximum absolute atomic E-state index is 12.8. The highest BCUT2D eigenvalue weighted by atomic mass is 32.2. The number of hydrogen-bond donors (Lipinski definition) is 2. The summed E-state index contributed by atoms with van der Waals surface area (Å²) in [6.45, 7) is 1.94. The van der Waals surface area contributed by atoms with E-state index in [0.717, 1.165) is 21.8 Å². The lowest BCUT2D eigenvalue weighted by molar-refractivity contribution is -0.119. The molecule has 8 heteroatoms. The Morgan fingerprint density at radius 3 is 2.52 bits per heavy atom. The second-order valence-corrected chi connectivity index (χ2v) is 8.07. The van der Waals surface area contributed by atoms with Gasteiger partial charge >= 0.3 is 0 Å². The SMILES string of the molecule is CC(=O)NCc1ccc(S(=O)(=O)NCCc2ccc(F)cc2)s1. The summed E-state index contributed by atoms with van der Waals surface area (Å²) in [7, 11) is -3.57. The van der Waals surface area contributed by atoms with Crippen molar-refractivity contribution in [3.05, 3.63) is 52.7 Å². The Morgan fingerprint density at radius 1 is 1.17 bits per heavy atom. The van der Waals surface area contributed by atoms with Crippen molar-refractivity contribution in [2.24, 2.45) is 0 Å². The van der Waals surface area contributed by atoms with Crippen LogP contribution in [0.15, 0.2) is 40.6 Å². The molecule has 0 aliphatic carbocycles. The summed E-state index contributed by atoms with van der Waals surface area (Å²) in [5.74, 6) is -0.486. The molecule has 0 bridgehead atoms. The minimum absolute atomic E-state index is 0.166. The van der Waals surface area contributed by atoms with Crippen LogP contribution in [0, 0.1) is 5.82 Å². The first-order valence-corrected chi connectivity index (χ1v) is 9.24. The van der Waals surface area contributed by atoms with Gasteiger partial charge in [0.05, 0.1) is 6.54 Å². The quantitative estimate of drug-likeness (QED) is 0.797. The molecule has 0 fully saturated rings. The summed E-state index contributed by atoms with van der Waals surface area (Å²) in [6.07, 6.45) is 0.476. The molecule has 0 atom stereocenters. The van der Waals surface area contributed by atoms with Gasteiger partial charge < -0.3 is 5.32 Å². The van der Waals surface area contributed by atoms with E-state index in [-0.39, 0.29) is 22.5 Å². The molecule has 0 saturated heterocycles. The van der Waals surface area contributed by atoms with Crippen LogP contribution in [-0.4, -0.2) is 20.9 Å². The van der Waals surface area contributed by atoms with Crippen LogP contribution < -0.4 is 10.0 Å². The number of carbonyl (C=O) groups is 1. The third-order valence-electron chi connectivity index (χ3n) is 3.03. The van der Waals surface area contributed by atoms with Crippen molar-refractivity contribution >= 4 is 27.3 Å². The van der Waals surface area contributed by atoms with Gasteiger partial charge in [-0.25, -0.2) is 17.5 Å². The summed E-state index contributed by atoms with van der Waals surface area (Å²) in [5.41, 5.74) is 0.853. The van der Waals surface area contributed by atoms with Crippen molar-refractivity contribution in [1.82, 2.24) is 10.0 Å². The number of halogens is 1. The molecule has 2 aromatic rings. The fourth-order valence-corrected chi connectivity index (χ4v) is 4.23. The molecule has 0 radical (unpaired) electrons. The van der Waals surface area contributed by atoms with Crippen molar-refractivity contribution in [3.63, 3.8) is 0 Å². The fourth-order valence-electron chi connectivity index (χ4n) is 1.86. The first kappa shape index (κ1) is 17.6. The van der Waals surface area contributed by atoms with Gasteiger partial charge in [-0.3, -0.25) is 4.79 Å². The Kier molecular flexibility index (Phi) is 5.86. The zero-order valence-electron chi connectivity index (χ0n) is 12.5. The topological polar surface area (TPSA) is 75.3 Å². The standard InChI is InChI=1S/C15H17FN2O3S2/c1-11(19)17-10-14-6-7-15(22-14)23(20,21)18-9-8-12-2-4-13(16)5-3-12/h2-7,18H,8-10H2,1H3,(H,17,19). The predicted octanol–water partition coefficient (Wildman–Crippen LogP) is 2.04. The van der Waals surface area contributed by atoms with Gasteiger partial charge in [0, 0.05) is 18.3 Å². The van der Waals surface area contributed by atoms with Crippen LogP contribution in [0.2, 0.25) is 0 Å². The number of thiophene rings is 1. The van der Waals surface area contributed by atoms with E-state index in [1.165, 1.54) is 25.1 Å². The molecular weight excluding hydrogens is 339 g/mol. The number of nitrogens with one attached hydrogen (secondary N) is 2. The molecule has 1 amide bonds. The molecule has 2 N–H and O–H groups in total.